The molecule has 0 aliphatic heterocycles. The summed E-state index contributed by atoms with van der Waals surface area (Å²) in [5.74, 6) is -5.94. The van der Waals surface area contributed by atoms with E-state index in [-0.39, 0.29) is 0 Å². The monoisotopic (exact) mass is 314 g/mol. The maximum absolute atomic E-state index is 12.4. The first-order valence-electron chi connectivity index (χ1n) is 5.24. The Morgan fingerprint density at radius 2 is 1.43 bits per heavy atom. The van der Waals surface area contributed by atoms with Gasteiger partial charge in [-0.1, -0.05) is 6.07 Å². The summed E-state index contributed by atoms with van der Waals surface area (Å²) >= 11 is 0. The minimum absolute atomic E-state index is 0.426. The molecule has 21 heavy (non-hydrogen) atoms. The first-order valence-corrected chi connectivity index (χ1v) is 5.24. The molecule has 0 aliphatic carbocycles. The normalized spacial score (nSPS) is 12.1. The number of amides is 2. The molecule has 4 nitrogen and oxygen atoms in total. The molecule has 0 radical (unpaired) electrons. The average molecular weight is 314 g/mol. The number of carbonyl (C=O) groups excluding carboxylic acids is 2. The minimum atomic E-state index is -5.67. The summed E-state index contributed by atoms with van der Waals surface area (Å²) in [6.07, 6.45) is -11.3. The van der Waals surface area contributed by atoms with Gasteiger partial charge >= 0.3 is 24.2 Å². The number of nitrogen functional groups attached to an aromatic ring is 1. The van der Waals surface area contributed by atoms with E-state index in [1.807, 2.05) is 0 Å². The molecule has 0 bridgehead atoms. The van der Waals surface area contributed by atoms with E-state index in [2.05, 4.69) is 0 Å². The molecule has 0 fully saturated rings. The number of imide groups is 1. The van der Waals surface area contributed by atoms with Crippen molar-refractivity contribution in [3.8, 4) is 0 Å². The Hall–Kier alpha value is -2.26. The third-order valence-corrected chi connectivity index (χ3v) is 2.32. The molecular formula is C11H8F6N2O2. The van der Waals surface area contributed by atoms with Crippen LogP contribution in [-0.2, 0) is 9.59 Å². The van der Waals surface area contributed by atoms with Crippen molar-refractivity contribution in [2.45, 2.75) is 19.3 Å². The van der Waals surface area contributed by atoms with Gasteiger partial charge in [-0.3, -0.25) is 9.59 Å². The first kappa shape index (κ1) is 16.8. The number of aryl methyl sites for hydroxylation is 1. The van der Waals surface area contributed by atoms with Gasteiger partial charge in [0.05, 0.1) is 11.4 Å². The molecule has 0 aromatic heterocycles. The molecule has 1 rings (SSSR count). The minimum Gasteiger partial charge on any atom is -0.397 e. The summed E-state index contributed by atoms with van der Waals surface area (Å²) in [5.41, 5.74) is 4.18. The Kier molecular flexibility index (Phi) is 4.21. The Balaban J connectivity index is 3.46. The molecule has 0 spiro atoms. The topological polar surface area (TPSA) is 63.4 Å². The molecule has 1 aromatic rings. The van der Waals surface area contributed by atoms with Crippen molar-refractivity contribution in [3.05, 3.63) is 23.8 Å². The molecule has 2 amide bonds. The van der Waals surface area contributed by atoms with Crippen LogP contribution in [0.1, 0.15) is 5.56 Å². The van der Waals surface area contributed by atoms with Crippen molar-refractivity contribution in [2.24, 2.45) is 0 Å². The average Bonchev–Trinajstić information content (AvgIpc) is 2.29. The van der Waals surface area contributed by atoms with Gasteiger partial charge in [-0.15, -0.1) is 0 Å². The number of carbonyl (C=O) groups is 2. The lowest BCUT2D eigenvalue weighted by molar-refractivity contribution is -0.181. The van der Waals surface area contributed by atoms with Crippen molar-refractivity contribution in [1.82, 2.24) is 0 Å². The Morgan fingerprint density at radius 3 is 1.76 bits per heavy atom. The number of halogens is 6. The molecule has 0 saturated heterocycles. The van der Waals surface area contributed by atoms with Crippen LogP contribution in [0.2, 0.25) is 0 Å². The van der Waals surface area contributed by atoms with Gasteiger partial charge in [0, 0.05) is 0 Å². The predicted molar refractivity (Wildman–Crippen MR) is 60.2 cm³/mol. The smallest absolute Gasteiger partial charge is 0.397 e. The van der Waals surface area contributed by atoms with Gasteiger partial charge in [-0.25, -0.2) is 4.90 Å². The highest BCUT2D eigenvalue weighted by Gasteiger charge is 2.53. The number of nitrogens with zero attached hydrogens (tertiary/aromatic N) is 1. The molecular weight excluding hydrogens is 306 g/mol. The summed E-state index contributed by atoms with van der Waals surface area (Å²) in [5, 5.41) is 0. The summed E-state index contributed by atoms with van der Waals surface area (Å²) < 4.78 is 74.4. The van der Waals surface area contributed by atoms with Crippen molar-refractivity contribution in [3.63, 3.8) is 0 Å². The van der Waals surface area contributed by atoms with E-state index in [1.165, 1.54) is 6.92 Å². The molecule has 1 aromatic carbocycles. The fraction of sp³-hybridized carbons (Fsp3) is 0.273. The second-order valence-electron chi connectivity index (χ2n) is 4.00. The molecule has 0 aliphatic rings. The van der Waals surface area contributed by atoms with Crippen LogP contribution in [0.15, 0.2) is 18.2 Å². The van der Waals surface area contributed by atoms with E-state index in [1.54, 1.807) is 0 Å². The summed E-state index contributed by atoms with van der Waals surface area (Å²) in [6.45, 7) is 1.47. The highest BCUT2D eigenvalue weighted by atomic mass is 19.4. The molecule has 0 atom stereocenters. The van der Waals surface area contributed by atoms with Crippen molar-refractivity contribution in [1.29, 1.82) is 0 Å². The van der Waals surface area contributed by atoms with Crippen molar-refractivity contribution < 1.29 is 35.9 Å². The van der Waals surface area contributed by atoms with E-state index in [9.17, 15) is 35.9 Å². The van der Waals surface area contributed by atoms with Gasteiger partial charge in [-0.2, -0.15) is 26.3 Å². The number of alkyl halides is 6. The maximum Gasteiger partial charge on any atom is 0.472 e. The molecule has 0 heterocycles. The standard InChI is InChI=1S/C11H8F6N2O2/c1-5-2-3-7(6(18)4-5)19(8(20)10(12,13)14)9(21)11(15,16)17/h2-4H,18H2,1H3. The van der Waals surface area contributed by atoms with Crippen LogP contribution >= 0.6 is 0 Å². The van der Waals surface area contributed by atoms with E-state index >= 15 is 0 Å². The second kappa shape index (κ2) is 5.26. The second-order valence-corrected chi connectivity index (χ2v) is 4.00. The van der Waals surface area contributed by atoms with Gasteiger partial charge in [0.15, 0.2) is 0 Å². The lowest BCUT2D eigenvalue weighted by atomic mass is 10.1. The lowest BCUT2D eigenvalue weighted by Crippen LogP contribution is -2.50. The quantitative estimate of drug-likeness (QED) is 0.640. The SMILES string of the molecule is Cc1ccc(N(C(=O)C(F)(F)F)C(=O)C(F)(F)F)c(N)c1. The molecule has 116 valence electrons. The highest BCUT2D eigenvalue weighted by Crippen LogP contribution is 2.32. The van der Waals surface area contributed by atoms with Crippen LogP contribution in [-0.4, -0.2) is 24.2 Å². The van der Waals surface area contributed by atoms with Crippen LogP contribution in [0.4, 0.5) is 37.7 Å². The third-order valence-electron chi connectivity index (χ3n) is 2.32. The summed E-state index contributed by atoms with van der Waals surface area (Å²) in [6, 6.07) is 2.89. The van der Waals surface area contributed by atoms with Crippen LogP contribution in [0.25, 0.3) is 0 Å². The zero-order chi connectivity index (χ0) is 16.6. The summed E-state index contributed by atoms with van der Waals surface area (Å²) in [4.78, 5) is 21.2. The first-order chi connectivity index (χ1) is 9.35. The van der Waals surface area contributed by atoms with Gasteiger partial charge in [0.25, 0.3) is 0 Å². The van der Waals surface area contributed by atoms with Crippen LogP contribution in [0, 0.1) is 6.92 Å². The van der Waals surface area contributed by atoms with Gasteiger partial charge in [0.2, 0.25) is 0 Å². The zero-order valence-corrected chi connectivity index (χ0v) is 10.3. The number of benzene rings is 1. The van der Waals surface area contributed by atoms with Crippen LogP contribution in [0.5, 0.6) is 0 Å². The Labute approximate surface area is 114 Å². The molecule has 0 unspecified atom stereocenters. The molecule has 10 heteroatoms. The van der Waals surface area contributed by atoms with Crippen LogP contribution < -0.4 is 10.6 Å². The number of hydrogen-bond donors (Lipinski definition) is 1. The molecule has 0 saturated carbocycles. The van der Waals surface area contributed by atoms with E-state index in [4.69, 9.17) is 5.73 Å². The van der Waals surface area contributed by atoms with Crippen LogP contribution in [0.3, 0.4) is 0 Å². The lowest BCUT2D eigenvalue weighted by Gasteiger charge is -2.24. The number of rotatable bonds is 1. The van der Waals surface area contributed by atoms with Crippen molar-refractivity contribution in [2.75, 3.05) is 10.6 Å². The zero-order valence-electron chi connectivity index (χ0n) is 10.3. The number of anilines is 2. The van der Waals surface area contributed by atoms with E-state index in [0.717, 1.165) is 18.2 Å². The van der Waals surface area contributed by atoms with Crippen molar-refractivity contribution >= 4 is 23.2 Å². The number of nitrogens with two attached hydrogens (primary N) is 1. The summed E-state index contributed by atoms with van der Waals surface area (Å²) in [7, 11) is 0. The fourth-order valence-corrected chi connectivity index (χ4v) is 1.44. The molecule has 2 N–H and O–H groups in total. The van der Waals surface area contributed by atoms with E-state index < -0.39 is 40.4 Å². The van der Waals surface area contributed by atoms with E-state index in [0.29, 0.717) is 5.56 Å². The Bertz CT molecular complexity index is 553. The largest absolute Gasteiger partial charge is 0.472 e. The van der Waals surface area contributed by atoms with Gasteiger partial charge in [-0.05, 0) is 24.6 Å². The fourth-order valence-electron chi connectivity index (χ4n) is 1.44. The van der Waals surface area contributed by atoms with Gasteiger partial charge in [0.1, 0.15) is 0 Å². The maximum atomic E-state index is 12.4. The third kappa shape index (κ3) is 3.64. The predicted octanol–water partition coefficient (Wildman–Crippen LogP) is 2.56. The Morgan fingerprint density at radius 1 is 1.00 bits per heavy atom. The highest BCUT2D eigenvalue weighted by molar-refractivity contribution is 6.19. The number of hydrogen-bond acceptors (Lipinski definition) is 3. The van der Waals surface area contributed by atoms with Gasteiger partial charge < -0.3 is 5.73 Å².